The molecule has 0 spiro atoms. The summed E-state index contributed by atoms with van der Waals surface area (Å²) in [7, 11) is -2.37. The molecule has 0 aliphatic heterocycles. The first kappa shape index (κ1) is 14.6. The third-order valence-corrected chi connectivity index (χ3v) is 3.73. The highest BCUT2D eigenvalue weighted by molar-refractivity contribution is 8.11. The molecule has 1 heterocycles. The first-order valence-electron chi connectivity index (χ1n) is 5.63. The smallest absolute Gasteiger partial charge is 0.425 e. The average molecular weight is 304 g/mol. The predicted octanol–water partition coefficient (Wildman–Crippen LogP) is 4.01. The summed E-state index contributed by atoms with van der Waals surface area (Å²) in [6.07, 6.45) is 0. The molecule has 108 valence electrons. The van der Waals surface area contributed by atoms with Crippen molar-refractivity contribution in [3.05, 3.63) is 40.2 Å². The fraction of sp³-hybridized carbons (Fsp3) is 0.231. The molecule has 0 aliphatic rings. The monoisotopic (exact) mass is 304 g/mol. The molecule has 2 rings (SSSR count). The fourth-order valence-electron chi connectivity index (χ4n) is 1.63. The van der Waals surface area contributed by atoms with E-state index in [1.54, 1.807) is 25.1 Å². The molecule has 0 fully saturated rings. The van der Waals surface area contributed by atoms with Crippen molar-refractivity contribution in [1.29, 1.82) is 0 Å². The van der Waals surface area contributed by atoms with Crippen LogP contribution in [0, 0.1) is 6.92 Å². The zero-order valence-electron chi connectivity index (χ0n) is 10.7. The van der Waals surface area contributed by atoms with Gasteiger partial charge in [-0.25, -0.2) is 4.79 Å². The minimum absolute atomic E-state index is 0.130. The van der Waals surface area contributed by atoms with Crippen molar-refractivity contribution >= 4 is 27.1 Å². The van der Waals surface area contributed by atoms with Crippen molar-refractivity contribution in [3.8, 4) is 5.75 Å². The largest absolute Gasteiger partial charge is 0.470 e. The Hall–Kier alpha value is -1.76. The maximum atomic E-state index is 12.7. The third kappa shape index (κ3) is 3.04. The van der Waals surface area contributed by atoms with E-state index in [1.807, 2.05) is 0 Å². The normalized spacial score (nSPS) is 13.7. The molecule has 1 atom stereocenters. The van der Waals surface area contributed by atoms with Gasteiger partial charge >= 0.3 is 11.1 Å². The first-order valence-corrected chi connectivity index (χ1v) is 6.85. The van der Waals surface area contributed by atoms with Crippen LogP contribution in [0.25, 0.3) is 11.0 Å². The molecule has 3 nitrogen and oxygen atoms in total. The van der Waals surface area contributed by atoms with Gasteiger partial charge in [0.05, 0.1) is 22.2 Å². The van der Waals surface area contributed by atoms with Crippen LogP contribution in [0.3, 0.4) is 0 Å². The summed E-state index contributed by atoms with van der Waals surface area (Å²) in [4.78, 5) is 11.4. The molecule has 0 amide bonds. The summed E-state index contributed by atoms with van der Waals surface area (Å²) in [5.41, 5.74) is -4.23. The Balaban J connectivity index is 2.57. The Morgan fingerprint density at radius 3 is 2.60 bits per heavy atom. The van der Waals surface area contributed by atoms with Crippen molar-refractivity contribution in [1.82, 2.24) is 0 Å². The van der Waals surface area contributed by atoms with E-state index in [2.05, 4.69) is 0 Å². The van der Waals surface area contributed by atoms with Gasteiger partial charge in [-0.3, -0.25) is 0 Å². The van der Waals surface area contributed by atoms with Crippen LogP contribution in [0.15, 0.2) is 33.5 Å². The molecule has 0 saturated heterocycles. The van der Waals surface area contributed by atoms with Gasteiger partial charge < -0.3 is 8.60 Å². The van der Waals surface area contributed by atoms with E-state index in [1.165, 1.54) is 6.92 Å². The van der Waals surface area contributed by atoms with E-state index in [0.717, 1.165) is 17.0 Å². The summed E-state index contributed by atoms with van der Waals surface area (Å²) in [5, 5.41) is 1.24. The quantitative estimate of drug-likeness (QED) is 0.622. The Bertz CT molecular complexity index is 732. The minimum Gasteiger partial charge on any atom is -0.425 e. The fourth-order valence-corrected chi connectivity index (χ4v) is 2.42. The lowest BCUT2D eigenvalue weighted by Gasteiger charge is -2.14. The SMILES string of the molecule is C/C=S(\Oc1cc(=O)oc2cc(C)ccc12)C(F)(F)F. The lowest BCUT2D eigenvalue weighted by atomic mass is 10.1. The maximum Gasteiger partial charge on any atom is 0.470 e. The highest BCUT2D eigenvalue weighted by Crippen LogP contribution is 2.40. The van der Waals surface area contributed by atoms with Gasteiger partial charge in [0.1, 0.15) is 5.58 Å². The van der Waals surface area contributed by atoms with E-state index in [4.69, 9.17) is 8.60 Å². The number of alkyl halides is 3. The summed E-state index contributed by atoms with van der Waals surface area (Å²) < 4.78 is 48.1. The molecule has 1 unspecified atom stereocenters. The van der Waals surface area contributed by atoms with Crippen LogP contribution in [0.1, 0.15) is 12.5 Å². The molecular weight excluding hydrogens is 293 g/mol. The number of hydrogen-bond donors (Lipinski definition) is 0. The van der Waals surface area contributed by atoms with Crippen LogP contribution in [0.2, 0.25) is 0 Å². The summed E-state index contributed by atoms with van der Waals surface area (Å²) in [5.74, 6) is -0.130. The van der Waals surface area contributed by atoms with Crippen LogP contribution >= 0.6 is 10.8 Å². The van der Waals surface area contributed by atoms with Crippen LogP contribution in [-0.4, -0.2) is 10.9 Å². The first-order chi connectivity index (χ1) is 9.31. The molecule has 0 saturated carbocycles. The number of aryl methyl sites for hydroxylation is 1. The van der Waals surface area contributed by atoms with Crippen molar-refractivity contribution in [2.24, 2.45) is 0 Å². The molecule has 1 aromatic carbocycles. The topological polar surface area (TPSA) is 39.4 Å². The lowest BCUT2D eigenvalue weighted by molar-refractivity contribution is -0.0377. The number of fused-ring (bicyclic) bond motifs is 1. The molecule has 2 aromatic rings. The molecular formula is C13H11F3O3S. The van der Waals surface area contributed by atoms with E-state index in [0.29, 0.717) is 5.39 Å². The van der Waals surface area contributed by atoms with Crippen LogP contribution in [0.4, 0.5) is 13.2 Å². The van der Waals surface area contributed by atoms with Gasteiger partial charge in [-0.1, -0.05) is 6.07 Å². The molecule has 20 heavy (non-hydrogen) atoms. The predicted molar refractivity (Wildman–Crippen MR) is 73.2 cm³/mol. The Kier molecular flexibility index (Phi) is 3.89. The Morgan fingerprint density at radius 2 is 2.00 bits per heavy atom. The van der Waals surface area contributed by atoms with Gasteiger partial charge in [-0.15, -0.1) is 0 Å². The highest BCUT2D eigenvalue weighted by Gasteiger charge is 2.35. The molecule has 1 aromatic heterocycles. The van der Waals surface area contributed by atoms with E-state index in [-0.39, 0.29) is 11.3 Å². The second kappa shape index (κ2) is 5.32. The molecule has 7 heteroatoms. The molecule has 0 N–H and O–H groups in total. The van der Waals surface area contributed by atoms with Crippen LogP contribution in [-0.2, 0) is 0 Å². The van der Waals surface area contributed by atoms with Gasteiger partial charge in [-0.05, 0) is 36.9 Å². The molecule has 0 aliphatic carbocycles. The Labute approximate surface area is 115 Å². The second-order valence-corrected chi connectivity index (χ2v) is 5.69. The molecule has 0 bridgehead atoms. The number of halogens is 3. The van der Waals surface area contributed by atoms with Crippen LogP contribution < -0.4 is 9.81 Å². The standard InChI is InChI=1S/C13H11F3O3S/c1-3-20(13(14,15)16)19-11-7-12(17)18-10-6-8(2)4-5-9(10)11/h3-7H,1-2H3. The van der Waals surface area contributed by atoms with Gasteiger partial charge in [0.15, 0.2) is 5.75 Å². The zero-order chi connectivity index (χ0) is 14.9. The second-order valence-electron chi connectivity index (χ2n) is 3.99. The van der Waals surface area contributed by atoms with Gasteiger partial charge in [-0.2, -0.15) is 13.2 Å². The lowest BCUT2D eigenvalue weighted by Crippen LogP contribution is -2.10. The van der Waals surface area contributed by atoms with Gasteiger partial charge in [0, 0.05) is 0 Å². The van der Waals surface area contributed by atoms with Gasteiger partial charge in [0.25, 0.3) is 0 Å². The van der Waals surface area contributed by atoms with E-state index >= 15 is 0 Å². The summed E-state index contributed by atoms with van der Waals surface area (Å²) in [6, 6.07) is 5.77. The van der Waals surface area contributed by atoms with Crippen molar-refractivity contribution < 1.29 is 21.8 Å². The third-order valence-electron chi connectivity index (χ3n) is 2.48. The minimum atomic E-state index is -4.51. The Morgan fingerprint density at radius 1 is 1.30 bits per heavy atom. The van der Waals surface area contributed by atoms with Gasteiger partial charge in [0.2, 0.25) is 0 Å². The van der Waals surface area contributed by atoms with Crippen LogP contribution in [0.5, 0.6) is 5.75 Å². The highest BCUT2D eigenvalue weighted by atomic mass is 32.2. The number of hydrogen-bond acceptors (Lipinski definition) is 3. The zero-order valence-corrected chi connectivity index (χ0v) is 11.5. The summed E-state index contributed by atoms with van der Waals surface area (Å²) in [6.45, 7) is 3.04. The van der Waals surface area contributed by atoms with E-state index in [9.17, 15) is 18.0 Å². The maximum absolute atomic E-state index is 12.7. The molecule has 0 radical (unpaired) electrons. The van der Waals surface area contributed by atoms with Crippen molar-refractivity contribution in [2.45, 2.75) is 19.4 Å². The van der Waals surface area contributed by atoms with E-state index < -0.39 is 21.9 Å². The summed E-state index contributed by atoms with van der Waals surface area (Å²) >= 11 is 0. The van der Waals surface area contributed by atoms with Crippen molar-refractivity contribution in [3.63, 3.8) is 0 Å². The van der Waals surface area contributed by atoms with Crippen molar-refractivity contribution in [2.75, 3.05) is 0 Å². The number of rotatable bonds is 2. The average Bonchev–Trinajstić information content (AvgIpc) is 2.33. The number of benzene rings is 1.